The Morgan fingerprint density at radius 2 is 2.28 bits per heavy atom. The summed E-state index contributed by atoms with van der Waals surface area (Å²) in [5.74, 6) is 0.498. The number of hydrogen-bond donors (Lipinski definition) is 2. The second-order valence-corrected chi connectivity index (χ2v) is 4.21. The number of aryl methyl sites for hydroxylation is 1. The molecule has 3 rings (SSSR count). The van der Waals surface area contributed by atoms with E-state index in [4.69, 9.17) is 10.2 Å². The summed E-state index contributed by atoms with van der Waals surface area (Å²) in [4.78, 5) is 15.6. The minimum absolute atomic E-state index is 0.306. The molecule has 3 heterocycles. The number of fused-ring (bicyclic) bond motifs is 1. The van der Waals surface area contributed by atoms with Crippen LogP contribution in [0.5, 0.6) is 0 Å². The smallest absolute Gasteiger partial charge is 0.214 e. The van der Waals surface area contributed by atoms with Gasteiger partial charge in [0, 0.05) is 24.0 Å². The van der Waals surface area contributed by atoms with Gasteiger partial charge in [0.15, 0.2) is 11.2 Å². The van der Waals surface area contributed by atoms with Crippen LogP contribution in [0.3, 0.4) is 0 Å². The van der Waals surface area contributed by atoms with Crippen LogP contribution in [0.2, 0.25) is 0 Å². The van der Waals surface area contributed by atoms with Gasteiger partial charge in [-0.3, -0.25) is 0 Å². The SMILES string of the molecule is Cc1ccc2oc(C(N)Cc3cnc[nH]3)nc2n1. The van der Waals surface area contributed by atoms with Crippen molar-refractivity contribution < 1.29 is 4.42 Å². The average molecular weight is 243 g/mol. The number of aromatic nitrogens is 4. The van der Waals surface area contributed by atoms with E-state index in [0.29, 0.717) is 23.5 Å². The molecule has 92 valence electrons. The van der Waals surface area contributed by atoms with Gasteiger partial charge in [-0.2, -0.15) is 4.98 Å². The second-order valence-electron chi connectivity index (χ2n) is 4.21. The Balaban J connectivity index is 1.89. The van der Waals surface area contributed by atoms with Crippen LogP contribution in [0.25, 0.3) is 11.2 Å². The molecule has 6 nitrogen and oxygen atoms in total. The molecule has 3 N–H and O–H groups in total. The van der Waals surface area contributed by atoms with E-state index in [9.17, 15) is 0 Å². The first-order valence-electron chi connectivity index (χ1n) is 5.69. The highest BCUT2D eigenvalue weighted by Crippen LogP contribution is 2.19. The highest BCUT2D eigenvalue weighted by Gasteiger charge is 2.15. The fourth-order valence-corrected chi connectivity index (χ4v) is 1.81. The van der Waals surface area contributed by atoms with Crippen LogP contribution >= 0.6 is 0 Å². The van der Waals surface area contributed by atoms with Crippen LogP contribution in [-0.2, 0) is 6.42 Å². The molecule has 18 heavy (non-hydrogen) atoms. The Bertz CT molecular complexity index is 658. The lowest BCUT2D eigenvalue weighted by Gasteiger charge is -2.04. The maximum absolute atomic E-state index is 6.06. The van der Waals surface area contributed by atoms with Crippen molar-refractivity contribution in [2.24, 2.45) is 5.73 Å². The van der Waals surface area contributed by atoms with Gasteiger partial charge in [0.05, 0.1) is 12.4 Å². The monoisotopic (exact) mass is 243 g/mol. The highest BCUT2D eigenvalue weighted by atomic mass is 16.3. The van der Waals surface area contributed by atoms with E-state index >= 15 is 0 Å². The van der Waals surface area contributed by atoms with Gasteiger partial charge in [0.1, 0.15) is 0 Å². The zero-order valence-corrected chi connectivity index (χ0v) is 9.92. The molecule has 0 spiro atoms. The fourth-order valence-electron chi connectivity index (χ4n) is 1.81. The minimum atomic E-state index is -0.306. The number of oxazole rings is 1. The van der Waals surface area contributed by atoms with E-state index in [2.05, 4.69) is 19.9 Å². The predicted octanol–water partition coefficient (Wildman–Crippen LogP) is 1.50. The largest absolute Gasteiger partial charge is 0.437 e. The van der Waals surface area contributed by atoms with Crippen molar-refractivity contribution in [3.05, 3.63) is 41.9 Å². The summed E-state index contributed by atoms with van der Waals surface area (Å²) >= 11 is 0. The van der Waals surface area contributed by atoms with E-state index in [1.54, 1.807) is 12.5 Å². The predicted molar refractivity (Wildman–Crippen MR) is 65.8 cm³/mol. The van der Waals surface area contributed by atoms with E-state index in [1.165, 1.54) is 0 Å². The summed E-state index contributed by atoms with van der Waals surface area (Å²) in [5, 5.41) is 0. The van der Waals surface area contributed by atoms with Crippen molar-refractivity contribution in [1.82, 2.24) is 19.9 Å². The zero-order valence-electron chi connectivity index (χ0n) is 9.92. The third kappa shape index (κ3) is 1.98. The lowest BCUT2D eigenvalue weighted by Crippen LogP contribution is -2.13. The summed E-state index contributed by atoms with van der Waals surface area (Å²) in [7, 11) is 0. The third-order valence-corrected chi connectivity index (χ3v) is 2.72. The molecule has 0 aliphatic heterocycles. The number of hydrogen-bond acceptors (Lipinski definition) is 5. The number of H-pyrrole nitrogens is 1. The summed E-state index contributed by atoms with van der Waals surface area (Å²) in [6, 6.07) is 3.44. The molecule has 0 bridgehead atoms. The maximum Gasteiger partial charge on any atom is 0.214 e. The lowest BCUT2D eigenvalue weighted by atomic mass is 10.2. The molecule has 0 aliphatic carbocycles. The first-order chi connectivity index (χ1) is 8.72. The Kier molecular flexibility index (Phi) is 2.56. The van der Waals surface area contributed by atoms with Gasteiger partial charge in [-0.05, 0) is 19.1 Å². The number of aromatic amines is 1. The molecule has 6 heteroatoms. The molecule has 0 radical (unpaired) electrons. The molecule has 1 unspecified atom stereocenters. The molecular weight excluding hydrogens is 230 g/mol. The molecule has 0 aliphatic rings. The Labute approximate surface area is 103 Å². The molecule has 0 amide bonds. The van der Waals surface area contributed by atoms with Gasteiger partial charge in [-0.15, -0.1) is 0 Å². The standard InChI is InChI=1S/C12H13N5O/c1-7-2-3-10-11(16-7)17-12(18-10)9(13)4-8-5-14-6-15-8/h2-3,5-6,9H,4,13H2,1H3,(H,14,15). The van der Waals surface area contributed by atoms with Gasteiger partial charge in [0.2, 0.25) is 5.89 Å². The number of imidazole rings is 1. The topological polar surface area (TPSA) is 93.6 Å². The van der Waals surface area contributed by atoms with Crippen molar-refractivity contribution >= 4 is 11.2 Å². The molecule has 1 atom stereocenters. The van der Waals surface area contributed by atoms with E-state index in [-0.39, 0.29) is 6.04 Å². The van der Waals surface area contributed by atoms with Gasteiger partial charge >= 0.3 is 0 Å². The first kappa shape index (κ1) is 10.9. The zero-order chi connectivity index (χ0) is 12.5. The highest BCUT2D eigenvalue weighted by molar-refractivity contribution is 5.67. The van der Waals surface area contributed by atoms with E-state index in [1.807, 2.05) is 19.1 Å². The molecule has 0 fully saturated rings. The van der Waals surface area contributed by atoms with Gasteiger partial charge < -0.3 is 15.1 Å². The van der Waals surface area contributed by atoms with Crippen molar-refractivity contribution in [2.45, 2.75) is 19.4 Å². The molecule has 0 saturated heterocycles. The third-order valence-electron chi connectivity index (χ3n) is 2.72. The molecule has 3 aromatic rings. The number of nitrogens with two attached hydrogens (primary N) is 1. The second kappa shape index (κ2) is 4.23. The quantitative estimate of drug-likeness (QED) is 0.727. The fraction of sp³-hybridized carbons (Fsp3) is 0.250. The summed E-state index contributed by atoms with van der Waals surface area (Å²) in [6.07, 6.45) is 3.97. The molecular formula is C12H13N5O. The summed E-state index contributed by atoms with van der Waals surface area (Å²) < 4.78 is 5.60. The number of nitrogens with zero attached hydrogens (tertiary/aromatic N) is 3. The first-order valence-corrected chi connectivity index (χ1v) is 5.69. The molecule has 0 saturated carbocycles. The van der Waals surface area contributed by atoms with Crippen LogP contribution in [0.4, 0.5) is 0 Å². The number of rotatable bonds is 3. The van der Waals surface area contributed by atoms with Crippen molar-refractivity contribution in [3.8, 4) is 0 Å². The summed E-state index contributed by atoms with van der Waals surface area (Å²) in [6.45, 7) is 1.92. The van der Waals surface area contributed by atoms with E-state index < -0.39 is 0 Å². The summed E-state index contributed by atoms with van der Waals surface area (Å²) in [5.41, 5.74) is 9.18. The van der Waals surface area contributed by atoms with Crippen molar-refractivity contribution in [3.63, 3.8) is 0 Å². The normalized spacial score (nSPS) is 13.0. The molecule has 3 aromatic heterocycles. The Morgan fingerprint density at radius 1 is 1.39 bits per heavy atom. The van der Waals surface area contributed by atoms with Crippen molar-refractivity contribution in [1.29, 1.82) is 0 Å². The van der Waals surface area contributed by atoms with Gasteiger partial charge in [-0.1, -0.05) is 0 Å². The average Bonchev–Trinajstić information content (AvgIpc) is 2.96. The maximum atomic E-state index is 6.06. The van der Waals surface area contributed by atoms with Crippen LogP contribution in [-0.4, -0.2) is 19.9 Å². The van der Waals surface area contributed by atoms with E-state index in [0.717, 1.165) is 11.4 Å². The van der Waals surface area contributed by atoms with Gasteiger partial charge in [-0.25, -0.2) is 9.97 Å². The van der Waals surface area contributed by atoms with Crippen molar-refractivity contribution in [2.75, 3.05) is 0 Å². The lowest BCUT2D eigenvalue weighted by molar-refractivity contribution is 0.472. The number of nitrogens with one attached hydrogen (secondary N) is 1. The van der Waals surface area contributed by atoms with Crippen LogP contribution in [0.1, 0.15) is 23.3 Å². The van der Waals surface area contributed by atoms with Crippen LogP contribution in [0.15, 0.2) is 29.1 Å². The Hall–Kier alpha value is -2.21. The van der Waals surface area contributed by atoms with Crippen LogP contribution < -0.4 is 5.73 Å². The van der Waals surface area contributed by atoms with Gasteiger partial charge in [0.25, 0.3) is 0 Å². The minimum Gasteiger partial charge on any atom is -0.437 e. The Morgan fingerprint density at radius 3 is 3.06 bits per heavy atom. The van der Waals surface area contributed by atoms with Crippen LogP contribution in [0, 0.1) is 6.92 Å². The molecule has 0 aromatic carbocycles. The number of pyridine rings is 1.